The van der Waals surface area contributed by atoms with Crippen molar-refractivity contribution < 1.29 is 12.8 Å². The van der Waals surface area contributed by atoms with E-state index in [4.69, 9.17) is 4.42 Å². The molecular formula is C21H17N5O3S. The van der Waals surface area contributed by atoms with Gasteiger partial charge in [-0.3, -0.25) is 0 Å². The molecule has 5 aromatic rings. The Morgan fingerprint density at radius 1 is 1.07 bits per heavy atom. The summed E-state index contributed by atoms with van der Waals surface area (Å²) in [6.45, 7) is 1.80. The number of nitrogens with one attached hydrogen (secondary N) is 1. The standard InChI is InChI=1S/C21H17N5O3S/c1-13-23-18-11-15(6-9-20(18)29-13)24-21-22-12-16-7-8-19(26(16)25-21)14-4-3-5-17(10-14)30(2,27)28/h3-12H,1-2H3,(H,24,25). The van der Waals surface area contributed by atoms with Crippen LogP contribution < -0.4 is 5.32 Å². The SMILES string of the molecule is Cc1nc2cc(Nc3ncc4ccc(-c5cccc(S(C)(=O)=O)c5)n4n3)ccc2o1. The van der Waals surface area contributed by atoms with Crippen molar-refractivity contribution in [3.63, 3.8) is 0 Å². The quantitative estimate of drug-likeness (QED) is 0.470. The molecule has 0 amide bonds. The van der Waals surface area contributed by atoms with Gasteiger partial charge in [-0.05, 0) is 42.5 Å². The summed E-state index contributed by atoms with van der Waals surface area (Å²) in [6, 6.07) is 16.2. The van der Waals surface area contributed by atoms with E-state index in [-0.39, 0.29) is 4.90 Å². The summed E-state index contributed by atoms with van der Waals surface area (Å²) in [6.07, 6.45) is 2.90. The summed E-state index contributed by atoms with van der Waals surface area (Å²) < 4.78 is 31.1. The zero-order chi connectivity index (χ0) is 20.9. The third-order valence-electron chi connectivity index (χ3n) is 4.71. The van der Waals surface area contributed by atoms with Gasteiger partial charge in [0.05, 0.1) is 22.3 Å². The summed E-state index contributed by atoms with van der Waals surface area (Å²) in [4.78, 5) is 8.97. The topological polar surface area (TPSA) is 102 Å². The van der Waals surface area contributed by atoms with Gasteiger partial charge in [-0.1, -0.05) is 12.1 Å². The number of fused-ring (bicyclic) bond motifs is 2. The molecule has 0 radical (unpaired) electrons. The summed E-state index contributed by atoms with van der Waals surface area (Å²) in [5.41, 5.74) is 4.56. The minimum Gasteiger partial charge on any atom is -0.441 e. The number of sulfone groups is 1. The third kappa shape index (κ3) is 3.29. The van der Waals surface area contributed by atoms with E-state index in [1.165, 1.54) is 6.26 Å². The van der Waals surface area contributed by atoms with Crippen LogP contribution in [0.1, 0.15) is 5.89 Å². The third-order valence-corrected chi connectivity index (χ3v) is 5.82. The summed E-state index contributed by atoms with van der Waals surface area (Å²) >= 11 is 0. The second-order valence-electron chi connectivity index (χ2n) is 6.98. The Morgan fingerprint density at radius 2 is 1.93 bits per heavy atom. The zero-order valence-corrected chi connectivity index (χ0v) is 17.0. The van der Waals surface area contributed by atoms with Crippen LogP contribution in [-0.4, -0.2) is 34.3 Å². The van der Waals surface area contributed by atoms with Crippen molar-refractivity contribution in [1.29, 1.82) is 0 Å². The lowest BCUT2D eigenvalue weighted by molar-refractivity contribution is 0.561. The van der Waals surface area contributed by atoms with Crippen LogP contribution in [0.3, 0.4) is 0 Å². The molecule has 3 aromatic heterocycles. The number of anilines is 2. The number of benzene rings is 2. The Morgan fingerprint density at radius 3 is 2.77 bits per heavy atom. The van der Waals surface area contributed by atoms with Gasteiger partial charge in [-0.25, -0.2) is 22.9 Å². The largest absolute Gasteiger partial charge is 0.441 e. The van der Waals surface area contributed by atoms with Crippen LogP contribution in [0, 0.1) is 6.92 Å². The van der Waals surface area contributed by atoms with E-state index in [1.807, 2.05) is 36.4 Å². The fourth-order valence-corrected chi connectivity index (χ4v) is 3.98. The summed E-state index contributed by atoms with van der Waals surface area (Å²) in [5.74, 6) is 1.01. The van der Waals surface area contributed by atoms with Crippen LogP contribution in [0.25, 0.3) is 27.9 Å². The Labute approximate surface area is 172 Å². The monoisotopic (exact) mass is 419 g/mol. The van der Waals surface area contributed by atoms with E-state index < -0.39 is 9.84 Å². The first-order valence-electron chi connectivity index (χ1n) is 9.16. The van der Waals surface area contributed by atoms with Crippen molar-refractivity contribution in [3.8, 4) is 11.3 Å². The molecule has 30 heavy (non-hydrogen) atoms. The van der Waals surface area contributed by atoms with Gasteiger partial charge in [0, 0.05) is 24.4 Å². The first kappa shape index (κ1) is 18.3. The maximum atomic E-state index is 11.9. The molecule has 3 heterocycles. The van der Waals surface area contributed by atoms with Gasteiger partial charge in [-0.2, -0.15) is 0 Å². The molecule has 150 valence electrons. The number of rotatable bonds is 4. The van der Waals surface area contributed by atoms with Crippen molar-refractivity contribution in [1.82, 2.24) is 19.6 Å². The smallest absolute Gasteiger partial charge is 0.245 e. The van der Waals surface area contributed by atoms with Crippen LogP contribution in [-0.2, 0) is 9.84 Å². The summed E-state index contributed by atoms with van der Waals surface area (Å²) in [7, 11) is -3.30. The number of aromatic nitrogens is 4. The first-order valence-corrected chi connectivity index (χ1v) is 11.1. The van der Waals surface area contributed by atoms with E-state index in [1.54, 1.807) is 35.8 Å². The first-order chi connectivity index (χ1) is 14.4. The van der Waals surface area contributed by atoms with E-state index >= 15 is 0 Å². The molecule has 0 atom stereocenters. The fraction of sp³-hybridized carbons (Fsp3) is 0.0952. The summed E-state index contributed by atoms with van der Waals surface area (Å²) in [5, 5.41) is 7.77. The van der Waals surface area contributed by atoms with Gasteiger partial charge in [0.25, 0.3) is 0 Å². The maximum Gasteiger partial charge on any atom is 0.245 e. The number of oxazole rings is 1. The molecule has 2 aromatic carbocycles. The maximum absolute atomic E-state index is 11.9. The molecule has 9 heteroatoms. The predicted octanol–water partition coefficient (Wildman–Crippen LogP) is 3.99. The van der Waals surface area contributed by atoms with Crippen LogP contribution >= 0.6 is 0 Å². The molecule has 0 fully saturated rings. The molecule has 0 spiro atoms. The highest BCUT2D eigenvalue weighted by atomic mass is 32.2. The molecule has 1 N–H and O–H groups in total. The van der Waals surface area contributed by atoms with E-state index in [0.29, 0.717) is 17.4 Å². The number of nitrogens with zero attached hydrogens (tertiary/aromatic N) is 4. The molecule has 0 saturated heterocycles. The highest BCUT2D eigenvalue weighted by Gasteiger charge is 2.12. The van der Waals surface area contributed by atoms with Crippen molar-refractivity contribution in [2.45, 2.75) is 11.8 Å². The van der Waals surface area contributed by atoms with Crippen molar-refractivity contribution in [2.24, 2.45) is 0 Å². The van der Waals surface area contributed by atoms with E-state index in [9.17, 15) is 8.42 Å². The predicted molar refractivity (Wildman–Crippen MR) is 114 cm³/mol. The van der Waals surface area contributed by atoms with E-state index in [0.717, 1.165) is 28.0 Å². The molecule has 0 aliphatic carbocycles. The number of hydrogen-bond donors (Lipinski definition) is 1. The van der Waals surface area contributed by atoms with Crippen LogP contribution in [0.2, 0.25) is 0 Å². The van der Waals surface area contributed by atoms with Crippen LogP contribution in [0.5, 0.6) is 0 Å². The molecule has 0 bridgehead atoms. The Bertz CT molecular complexity index is 1520. The van der Waals surface area contributed by atoms with Crippen molar-refractivity contribution >= 4 is 38.1 Å². The minimum absolute atomic E-state index is 0.263. The molecule has 0 unspecified atom stereocenters. The van der Waals surface area contributed by atoms with Crippen LogP contribution in [0.15, 0.2) is 70.1 Å². The normalized spacial score (nSPS) is 11.9. The lowest BCUT2D eigenvalue weighted by Crippen LogP contribution is -2.03. The Balaban J connectivity index is 1.54. The molecule has 5 rings (SSSR count). The number of aryl methyl sites for hydroxylation is 1. The number of hydrogen-bond acceptors (Lipinski definition) is 7. The van der Waals surface area contributed by atoms with Gasteiger partial charge in [0.2, 0.25) is 5.95 Å². The van der Waals surface area contributed by atoms with Gasteiger partial charge in [-0.15, -0.1) is 5.10 Å². The molecule has 0 saturated carbocycles. The molecule has 0 aliphatic heterocycles. The molecule has 8 nitrogen and oxygen atoms in total. The lowest BCUT2D eigenvalue weighted by Gasteiger charge is -2.08. The second kappa shape index (κ2) is 6.67. The average Bonchev–Trinajstić information content (AvgIpc) is 3.29. The van der Waals surface area contributed by atoms with Crippen molar-refractivity contribution in [2.75, 3.05) is 11.6 Å². The van der Waals surface area contributed by atoms with Crippen molar-refractivity contribution in [3.05, 3.63) is 66.7 Å². The second-order valence-corrected chi connectivity index (χ2v) is 8.99. The highest BCUT2D eigenvalue weighted by Crippen LogP contribution is 2.26. The van der Waals surface area contributed by atoms with Gasteiger partial charge < -0.3 is 9.73 Å². The zero-order valence-electron chi connectivity index (χ0n) is 16.2. The van der Waals surface area contributed by atoms with Gasteiger partial charge in [0.1, 0.15) is 5.52 Å². The van der Waals surface area contributed by atoms with Gasteiger partial charge in [0.15, 0.2) is 21.3 Å². The fourth-order valence-electron chi connectivity index (χ4n) is 3.31. The van der Waals surface area contributed by atoms with Crippen LogP contribution in [0.4, 0.5) is 11.6 Å². The van der Waals surface area contributed by atoms with E-state index in [2.05, 4.69) is 20.4 Å². The lowest BCUT2D eigenvalue weighted by atomic mass is 10.2. The Kier molecular flexibility index (Phi) is 4.07. The average molecular weight is 419 g/mol. The highest BCUT2D eigenvalue weighted by molar-refractivity contribution is 7.90. The Hall–Kier alpha value is -3.72. The molecular weight excluding hydrogens is 402 g/mol. The molecule has 0 aliphatic rings. The van der Waals surface area contributed by atoms with Gasteiger partial charge >= 0.3 is 0 Å². The minimum atomic E-state index is -3.30.